The van der Waals surface area contributed by atoms with Gasteiger partial charge >= 0.3 is 5.97 Å². The van der Waals surface area contributed by atoms with Crippen molar-refractivity contribution < 1.29 is 18.8 Å². The van der Waals surface area contributed by atoms with Gasteiger partial charge in [-0.2, -0.15) is 0 Å². The van der Waals surface area contributed by atoms with Crippen LogP contribution in [0.15, 0.2) is 10.6 Å². The van der Waals surface area contributed by atoms with Gasteiger partial charge in [-0.1, -0.05) is 29.1 Å². The lowest BCUT2D eigenvalue weighted by molar-refractivity contribution is -0.144. The molecule has 1 saturated heterocycles. The van der Waals surface area contributed by atoms with E-state index in [0.717, 1.165) is 25.9 Å². The fraction of sp³-hybridized carbons (Fsp3) is 0.538. The first-order chi connectivity index (χ1) is 10.5. The average molecular weight is 343 g/mol. The van der Waals surface area contributed by atoms with Gasteiger partial charge in [0.25, 0.3) is 5.91 Å². The molecule has 0 unspecified atom stereocenters. The molecule has 0 spiro atoms. The van der Waals surface area contributed by atoms with Crippen LogP contribution in [0, 0.1) is 6.92 Å². The molecule has 2 rings (SSSR count). The zero-order chi connectivity index (χ0) is 15.9. The summed E-state index contributed by atoms with van der Waals surface area (Å²) in [5.41, 5.74) is 0. The maximum atomic E-state index is 11.6. The van der Waals surface area contributed by atoms with Gasteiger partial charge in [-0.3, -0.25) is 9.59 Å². The highest BCUT2D eigenvalue weighted by molar-refractivity contribution is 8.23. The van der Waals surface area contributed by atoms with Crippen LogP contribution in [0.25, 0.3) is 0 Å². The van der Waals surface area contributed by atoms with E-state index in [4.69, 9.17) is 21.5 Å². The van der Waals surface area contributed by atoms with Crippen LogP contribution in [0.5, 0.6) is 0 Å². The van der Waals surface area contributed by atoms with Crippen LogP contribution in [0.2, 0.25) is 0 Å². The standard InChI is InChI=1S/C13H17N3O4S2/c1-9-6-10(15-20-9)14-11(17)7-19-12(18)8-22-13(21)16-4-2-3-5-16/h6H,2-5,7-8H2,1H3,(H,14,15,17). The molecule has 22 heavy (non-hydrogen) atoms. The maximum absolute atomic E-state index is 11.6. The molecule has 1 aromatic heterocycles. The highest BCUT2D eigenvalue weighted by Gasteiger charge is 2.17. The number of carbonyl (C=O) groups is 2. The fourth-order valence-electron chi connectivity index (χ4n) is 1.90. The van der Waals surface area contributed by atoms with Gasteiger partial charge in [-0.25, -0.2) is 0 Å². The van der Waals surface area contributed by atoms with Gasteiger partial charge in [0.2, 0.25) is 0 Å². The van der Waals surface area contributed by atoms with Crippen LogP contribution in [0.3, 0.4) is 0 Å². The Bertz CT molecular complexity index is 555. The summed E-state index contributed by atoms with van der Waals surface area (Å²) < 4.78 is 10.4. The Balaban J connectivity index is 1.62. The molecule has 0 atom stereocenters. The number of likely N-dealkylation sites (tertiary alicyclic amines) is 1. The lowest BCUT2D eigenvalue weighted by Gasteiger charge is -2.16. The molecule has 0 aromatic carbocycles. The molecule has 1 aromatic rings. The van der Waals surface area contributed by atoms with Gasteiger partial charge in [0.05, 0.1) is 5.75 Å². The number of hydrogen-bond acceptors (Lipinski definition) is 7. The number of amides is 1. The van der Waals surface area contributed by atoms with Crippen molar-refractivity contribution in [2.45, 2.75) is 19.8 Å². The minimum atomic E-state index is -0.474. The third-order valence-corrected chi connectivity index (χ3v) is 4.43. The zero-order valence-electron chi connectivity index (χ0n) is 12.2. The normalized spacial score (nSPS) is 14.0. The largest absolute Gasteiger partial charge is 0.455 e. The van der Waals surface area contributed by atoms with Gasteiger partial charge in [-0.15, -0.1) is 0 Å². The monoisotopic (exact) mass is 343 g/mol. The van der Waals surface area contributed by atoms with Crippen molar-refractivity contribution >= 4 is 46.0 Å². The minimum absolute atomic E-state index is 0.103. The first-order valence-electron chi connectivity index (χ1n) is 6.85. The lowest BCUT2D eigenvalue weighted by atomic mass is 10.4. The van der Waals surface area contributed by atoms with Gasteiger partial charge < -0.3 is 19.5 Å². The Morgan fingerprint density at radius 1 is 1.50 bits per heavy atom. The highest BCUT2D eigenvalue weighted by Crippen LogP contribution is 2.16. The summed E-state index contributed by atoms with van der Waals surface area (Å²) in [7, 11) is 0. The number of ether oxygens (including phenoxy) is 1. The van der Waals surface area contributed by atoms with E-state index in [-0.39, 0.29) is 12.4 Å². The molecule has 1 amide bonds. The molecule has 1 fully saturated rings. The SMILES string of the molecule is Cc1cc(NC(=O)COC(=O)CSC(=S)N2CCCC2)no1. The van der Waals surface area contributed by atoms with E-state index < -0.39 is 11.9 Å². The second kappa shape index (κ2) is 8.14. The van der Waals surface area contributed by atoms with Crippen LogP contribution in [0.4, 0.5) is 5.82 Å². The zero-order valence-corrected chi connectivity index (χ0v) is 13.8. The van der Waals surface area contributed by atoms with Crippen LogP contribution in [0.1, 0.15) is 18.6 Å². The summed E-state index contributed by atoms with van der Waals surface area (Å²) in [6.45, 7) is 3.24. The molecule has 2 heterocycles. The number of nitrogens with one attached hydrogen (secondary N) is 1. The fourth-order valence-corrected chi connectivity index (χ4v) is 2.95. The Hall–Kier alpha value is -1.61. The number of anilines is 1. The number of aromatic nitrogens is 1. The summed E-state index contributed by atoms with van der Waals surface area (Å²) >= 11 is 6.50. The van der Waals surface area contributed by atoms with Crippen molar-refractivity contribution in [3.8, 4) is 0 Å². The summed E-state index contributed by atoms with van der Waals surface area (Å²) in [6.07, 6.45) is 2.26. The van der Waals surface area contributed by atoms with E-state index in [1.807, 2.05) is 0 Å². The Morgan fingerprint density at radius 3 is 2.86 bits per heavy atom. The predicted molar refractivity (Wildman–Crippen MR) is 86.7 cm³/mol. The molecule has 1 aliphatic rings. The van der Waals surface area contributed by atoms with Gasteiger partial charge in [-0.05, 0) is 19.8 Å². The summed E-state index contributed by atoms with van der Waals surface area (Å²) in [5.74, 6) is 0.0418. The van der Waals surface area contributed by atoms with Crippen molar-refractivity contribution in [1.29, 1.82) is 0 Å². The summed E-state index contributed by atoms with van der Waals surface area (Å²) in [4.78, 5) is 25.2. The highest BCUT2D eigenvalue weighted by atomic mass is 32.2. The predicted octanol–water partition coefficient (Wildman–Crippen LogP) is 1.58. The molecular weight excluding hydrogens is 326 g/mol. The van der Waals surface area contributed by atoms with E-state index >= 15 is 0 Å². The van der Waals surface area contributed by atoms with Crippen molar-refractivity contribution in [1.82, 2.24) is 10.1 Å². The van der Waals surface area contributed by atoms with Crippen molar-refractivity contribution in [3.63, 3.8) is 0 Å². The molecule has 0 radical (unpaired) electrons. The van der Waals surface area contributed by atoms with Crippen molar-refractivity contribution in [3.05, 3.63) is 11.8 Å². The van der Waals surface area contributed by atoms with Crippen molar-refractivity contribution in [2.75, 3.05) is 30.8 Å². The second-order valence-corrected chi connectivity index (χ2v) is 6.39. The summed E-state index contributed by atoms with van der Waals surface area (Å²) in [6, 6.07) is 1.57. The second-order valence-electron chi connectivity index (χ2n) is 4.78. The number of carbonyl (C=O) groups excluding carboxylic acids is 2. The third kappa shape index (κ3) is 5.30. The van der Waals surface area contributed by atoms with Gasteiger partial charge in [0.15, 0.2) is 12.4 Å². The third-order valence-electron chi connectivity index (χ3n) is 2.94. The Labute approximate surface area is 137 Å². The molecule has 1 N–H and O–H groups in total. The maximum Gasteiger partial charge on any atom is 0.316 e. The molecule has 9 heteroatoms. The van der Waals surface area contributed by atoms with Crippen LogP contribution in [-0.2, 0) is 14.3 Å². The number of rotatable bonds is 5. The molecule has 0 bridgehead atoms. The Morgan fingerprint density at radius 2 is 2.23 bits per heavy atom. The molecule has 1 aliphatic heterocycles. The quantitative estimate of drug-likeness (QED) is 0.637. The smallest absolute Gasteiger partial charge is 0.316 e. The molecule has 120 valence electrons. The molecular formula is C13H17N3O4S2. The van der Waals surface area contributed by atoms with Gasteiger partial charge in [0.1, 0.15) is 10.1 Å². The van der Waals surface area contributed by atoms with E-state index in [1.54, 1.807) is 13.0 Å². The molecule has 7 nitrogen and oxygen atoms in total. The minimum Gasteiger partial charge on any atom is -0.455 e. The Kier molecular flexibility index (Phi) is 6.20. The number of hydrogen-bond donors (Lipinski definition) is 1. The van der Waals surface area contributed by atoms with Gasteiger partial charge in [0, 0.05) is 19.2 Å². The molecule has 0 aliphatic carbocycles. The van der Waals surface area contributed by atoms with Crippen LogP contribution in [-0.4, -0.2) is 51.7 Å². The topological polar surface area (TPSA) is 84.7 Å². The van der Waals surface area contributed by atoms with Crippen LogP contribution >= 0.6 is 24.0 Å². The number of aryl methyl sites for hydroxylation is 1. The average Bonchev–Trinajstić information content (AvgIpc) is 3.14. The van der Waals surface area contributed by atoms with E-state index in [1.165, 1.54) is 11.8 Å². The number of esters is 1. The first-order valence-corrected chi connectivity index (χ1v) is 8.24. The number of thiocarbonyl (C=S) groups is 1. The summed E-state index contributed by atoms with van der Waals surface area (Å²) in [5, 5.41) is 6.08. The number of thioether (sulfide) groups is 1. The molecule has 0 saturated carbocycles. The first kappa shape index (κ1) is 16.8. The van der Waals surface area contributed by atoms with E-state index in [9.17, 15) is 9.59 Å². The lowest BCUT2D eigenvalue weighted by Crippen LogP contribution is -2.25. The van der Waals surface area contributed by atoms with E-state index in [0.29, 0.717) is 15.9 Å². The van der Waals surface area contributed by atoms with Crippen LogP contribution < -0.4 is 5.32 Å². The van der Waals surface area contributed by atoms with E-state index in [2.05, 4.69) is 15.4 Å². The van der Waals surface area contributed by atoms with Crippen molar-refractivity contribution in [2.24, 2.45) is 0 Å². The number of nitrogens with zero attached hydrogens (tertiary/aromatic N) is 2.